The number of aryl methyl sites for hydroxylation is 1. The normalized spacial score (nSPS) is 10.8. The second kappa shape index (κ2) is 7.38. The monoisotopic (exact) mass is 307 g/mol. The zero-order valence-corrected chi connectivity index (χ0v) is 13.5. The van der Waals surface area contributed by atoms with E-state index >= 15 is 0 Å². The zero-order valence-electron chi connectivity index (χ0n) is 12.7. The van der Waals surface area contributed by atoms with E-state index in [9.17, 15) is 4.79 Å². The quantitative estimate of drug-likeness (QED) is 0.854. The number of anilines is 1. The van der Waals surface area contributed by atoms with Gasteiger partial charge < -0.3 is 14.6 Å². The van der Waals surface area contributed by atoms with Crippen LogP contribution in [-0.2, 0) is 11.3 Å². The summed E-state index contributed by atoms with van der Waals surface area (Å²) in [5, 5.41) is 6.02. The molecule has 114 valence electrons. The maximum atomic E-state index is 12.6. The van der Waals surface area contributed by atoms with Crippen LogP contribution in [0, 0.1) is 6.92 Å². The van der Waals surface area contributed by atoms with Gasteiger partial charge in [0.2, 0.25) is 0 Å². The maximum Gasteiger partial charge on any atom is 0.260 e. The zero-order chi connectivity index (χ0) is 15.2. The first-order valence-corrected chi connectivity index (χ1v) is 7.94. The van der Waals surface area contributed by atoms with Crippen molar-refractivity contribution in [3.05, 3.63) is 33.6 Å². The van der Waals surface area contributed by atoms with Crippen LogP contribution in [0.2, 0.25) is 0 Å². The highest BCUT2D eigenvalue weighted by Gasteiger charge is 2.11. The lowest BCUT2D eigenvalue weighted by Crippen LogP contribution is -2.25. The fraction of sp³-hybridized carbons (Fsp3) is 0.467. The van der Waals surface area contributed by atoms with Gasteiger partial charge in [-0.3, -0.25) is 4.79 Å². The van der Waals surface area contributed by atoms with E-state index in [1.807, 2.05) is 24.4 Å². The number of rotatable bonds is 7. The molecular formula is C15H21N3O2S. The summed E-state index contributed by atoms with van der Waals surface area (Å²) in [6, 6.07) is 3.80. The molecule has 2 heterocycles. The van der Waals surface area contributed by atoms with Crippen LogP contribution in [-0.4, -0.2) is 29.8 Å². The minimum absolute atomic E-state index is 0.0145. The molecular weight excluding hydrogens is 286 g/mol. The Labute approximate surface area is 128 Å². The van der Waals surface area contributed by atoms with Crippen LogP contribution in [0.1, 0.15) is 19.0 Å². The van der Waals surface area contributed by atoms with E-state index in [2.05, 4.69) is 17.2 Å². The molecule has 1 N–H and O–H groups in total. The molecule has 0 bridgehead atoms. The Morgan fingerprint density at radius 2 is 2.24 bits per heavy atom. The molecule has 0 radical (unpaired) electrons. The van der Waals surface area contributed by atoms with E-state index in [-0.39, 0.29) is 5.56 Å². The molecule has 2 rings (SSSR count). The summed E-state index contributed by atoms with van der Waals surface area (Å²) in [6.07, 6.45) is 1.04. The molecule has 0 amide bonds. The van der Waals surface area contributed by atoms with Crippen molar-refractivity contribution < 1.29 is 4.74 Å². The van der Waals surface area contributed by atoms with Gasteiger partial charge in [-0.25, -0.2) is 4.98 Å². The third kappa shape index (κ3) is 3.71. The van der Waals surface area contributed by atoms with Crippen LogP contribution in [0.25, 0.3) is 11.3 Å². The largest absolute Gasteiger partial charge is 0.383 e. The van der Waals surface area contributed by atoms with Crippen molar-refractivity contribution in [2.24, 2.45) is 0 Å². The third-order valence-corrected chi connectivity index (χ3v) is 4.02. The van der Waals surface area contributed by atoms with Crippen molar-refractivity contribution in [1.82, 2.24) is 9.55 Å². The van der Waals surface area contributed by atoms with Crippen molar-refractivity contribution in [1.29, 1.82) is 0 Å². The summed E-state index contributed by atoms with van der Waals surface area (Å²) in [7, 11) is 1.64. The fourth-order valence-electron chi connectivity index (χ4n) is 2.04. The Morgan fingerprint density at radius 3 is 2.95 bits per heavy atom. The van der Waals surface area contributed by atoms with Gasteiger partial charge in [0.15, 0.2) is 5.13 Å². The van der Waals surface area contributed by atoms with Crippen LogP contribution in [0.15, 0.2) is 22.3 Å². The number of hydrogen-bond donors (Lipinski definition) is 1. The molecule has 0 fully saturated rings. The standard InChI is InChI=1S/C15H21N3O2S/c1-4-7-16-15-17-13(10-21-15)12-6-5-11(2)18(14(12)19)8-9-20-3/h5-6,10H,4,7-9H2,1-3H3,(H,16,17). The molecule has 0 saturated carbocycles. The van der Waals surface area contributed by atoms with Gasteiger partial charge in [0.1, 0.15) is 0 Å². The van der Waals surface area contributed by atoms with E-state index in [0.29, 0.717) is 18.7 Å². The number of thiazole rings is 1. The van der Waals surface area contributed by atoms with Crippen molar-refractivity contribution in [3.63, 3.8) is 0 Å². The van der Waals surface area contributed by atoms with Gasteiger partial charge in [-0.15, -0.1) is 11.3 Å². The first-order chi connectivity index (χ1) is 10.2. The SMILES string of the molecule is CCCNc1nc(-c2ccc(C)n(CCOC)c2=O)cs1. The Bertz CT molecular complexity index is 649. The number of aromatic nitrogens is 2. The van der Waals surface area contributed by atoms with Gasteiger partial charge in [-0.1, -0.05) is 6.92 Å². The predicted octanol–water partition coefficient (Wildman–Crippen LogP) is 2.75. The number of nitrogens with one attached hydrogen (secondary N) is 1. The minimum Gasteiger partial charge on any atom is -0.383 e. The molecule has 0 spiro atoms. The molecule has 0 unspecified atom stereocenters. The van der Waals surface area contributed by atoms with Gasteiger partial charge in [0.05, 0.1) is 17.9 Å². The highest BCUT2D eigenvalue weighted by atomic mass is 32.1. The molecule has 0 aliphatic heterocycles. The van der Waals surface area contributed by atoms with Crippen LogP contribution in [0.5, 0.6) is 0 Å². The molecule has 0 aliphatic carbocycles. The van der Waals surface area contributed by atoms with Crippen LogP contribution in [0.3, 0.4) is 0 Å². The molecule has 2 aromatic heterocycles. The lowest BCUT2D eigenvalue weighted by Gasteiger charge is -2.10. The van der Waals surface area contributed by atoms with E-state index < -0.39 is 0 Å². The summed E-state index contributed by atoms with van der Waals surface area (Å²) in [5.74, 6) is 0. The van der Waals surface area contributed by atoms with E-state index in [4.69, 9.17) is 4.74 Å². The Morgan fingerprint density at radius 1 is 1.43 bits per heavy atom. The predicted molar refractivity (Wildman–Crippen MR) is 87.2 cm³/mol. The summed E-state index contributed by atoms with van der Waals surface area (Å²) in [6.45, 7) is 6.00. The number of methoxy groups -OCH3 is 1. The lowest BCUT2D eigenvalue weighted by atomic mass is 10.2. The summed E-state index contributed by atoms with van der Waals surface area (Å²) in [4.78, 5) is 17.1. The van der Waals surface area contributed by atoms with Crippen LogP contribution in [0.4, 0.5) is 5.13 Å². The summed E-state index contributed by atoms with van der Waals surface area (Å²) in [5.41, 5.74) is 2.28. The summed E-state index contributed by atoms with van der Waals surface area (Å²) >= 11 is 1.53. The molecule has 2 aromatic rings. The van der Waals surface area contributed by atoms with Gasteiger partial charge in [0, 0.05) is 31.3 Å². The minimum atomic E-state index is -0.0145. The average Bonchev–Trinajstić information content (AvgIpc) is 2.93. The fourth-order valence-corrected chi connectivity index (χ4v) is 2.78. The number of ether oxygens (including phenoxy) is 1. The Balaban J connectivity index is 2.31. The summed E-state index contributed by atoms with van der Waals surface area (Å²) < 4.78 is 6.80. The van der Waals surface area contributed by atoms with Crippen molar-refractivity contribution in [2.45, 2.75) is 26.8 Å². The molecule has 0 atom stereocenters. The molecule has 21 heavy (non-hydrogen) atoms. The van der Waals surface area contributed by atoms with Crippen LogP contribution < -0.4 is 10.9 Å². The molecule has 0 aliphatic rings. The second-order valence-electron chi connectivity index (χ2n) is 4.80. The molecule has 0 aromatic carbocycles. The number of pyridine rings is 1. The topological polar surface area (TPSA) is 56.1 Å². The van der Waals surface area contributed by atoms with Crippen molar-refractivity contribution >= 4 is 16.5 Å². The Hall–Kier alpha value is -1.66. The average molecular weight is 307 g/mol. The van der Waals surface area contributed by atoms with Crippen LogP contribution >= 0.6 is 11.3 Å². The highest BCUT2D eigenvalue weighted by Crippen LogP contribution is 2.22. The lowest BCUT2D eigenvalue weighted by molar-refractivity contribution is 0.185. The van der Waals surface area contributed by atoms with Gasteiger partial charge in [-0.2, -0.15) is 0 Å². The first kappa shape index (κ1) is 15.7. The first-order valence-electron chi connectivity index (χ1n) is 7.06. The van der Waals surface area contributed by atoms with Gasteiger partial charge in [-0.05, 0) is 25.5 Å². The molecule has 6 heteroatoms. The Kier molecular flexibility index (Phi) is 5.52. The number of nitrogens with zero attached hydrogens (tertiary/aromatic N) is 2. The van der Waals surface area contributed by atoms with Crippen molar-refractivity contribution in [2.75, 3.05) is 25.6 Å². The van der Waals surface area contributed by atoms with E-state index in [0.717, 1.165) is 29.5 Å². The van der Waals surface area contributed by atoms with Gasteiger partial charge in [0.25, 0.3) is 5.56 Å². The molecule has 5 nitrogen and oxygen atoms in total. The third-order valence-electron chi connectivity index (χ3n) is 3.22. The van der Waals surface area contributed by atoms with Crippen molar-refractivity contribution in [3.8, 4) is 11.3 Å². The molecule has 0 saturated heterocycles. The van der Waals surface area contributed by atoms with Gasteiger partial charge >= 0.3 is 0 Å². The van der Waals surface area contributed by atoms with E-state index in [1.54, 1.807) is 11.7 Å². The maximum absolute atomic E-state index is 12.6. The van der Waals surface area contributed by atoms with E-state index in [1.165, 1.54) is 11.3 Å². The smallest absolute Gasteiger partial charge is 0.260 e. The second-order valence-corrected chi connectivity index (χ2v) is 5.66. The highest BCUT2D eigenvalue weighted by molar-refractivity contribution is 7.14. The number of hydrogen-bond acceptors (Lipinski definition) is 5.